The second-order valence-electron chi connectivity index (χ2n) is 3.15. The van der Waals surface area contributed by atoms with E-state index in [0.29, 0.717) is 5.95 Å². The van der Waals surface area contributed by atoms with Gasteiger partial charge in [0.25, 0.3) is 0 Å². The third-order valence-corrected chi connectivity index (χ3v) is 2.52. The van der Waals surface area contributed by atoms with Crippen LogP contribution < -0.4 is 10.6 Å². The highest BCUT2D eigenvalue weighted by Gasteiger charge is 1.97. The van der Waals surface area contributed by atoms with Crippen LogP contribution in [0.15, 0.2) is 41.0 Å². The quantitative estimate of drug-likeness (QED) is 0.906. The van der Waals surface area contributed by atoms with Gasteiger partial charge in [0.1, 0.15) is 5.82 Å². The lowest BCUT2D eigenvalue weighted by molar-refractivity contribution is 1.15. The largest absolute Gasteiger partial charge is 0.357 e. The van der Waals surface area contributed by atoms with Gasteiger partial charge in [-0.1, -0.05) is 15.9 Å². The molecule has 0 aliphatic carbocycles. The Balaban J connectivity index is 2.16. The molecule has 0 spiro atoms. The molecule has 0 radical (unpaired) electrons. The molecule has 1 heterocycles. The normalized spacial score (nSPS) is 9.88. The summed E-state index contributed by atoms with van der Waals surface area (Å²) in [4.78, 5) is 8.31. The topological polar surface area (TPSA) is 49.8 Å². The van der Waals surface area contributed by atoms with E-state index in [9.17, 15) is 0 Å². The molecule has 1 aromatic carbocycles. The van der Waals surface area contributed by atoms with Crippen LogP contribution in [0.25, 0.3) is 0 Å². The maximum Gasteiger partial charge on any atom is 0.224 e. The predicted molar refractivity (Wildman–Crippen MR) is 69.0 cm³/mol. The van der Waals surface area contributed by atoms with Crippen molar-refractivity contribution in [1.29, 1.82) is 0 Å². The van der Waals surface area contributed by atoms with E-state index in [1.807, 2.05) is 30.3 Å². The Hall–Kier alpha value is -1.62. The summed E-state index contributed by atoms with van der Waals surface area (Å²) in [5.74, 6) is 1.36. The van der Waals surface area contributed by atoms with Crippen molar-refractivity contribution in [3.05, 3.63) is 41.0 Å². The summed E-state index contributed by atoms with van der Waals surface area (Å²) in [5.41, 5.74) is 0.990. The standard InChI is InChI=1S/C11H11BrN4/c1-13-11-14-7-6-10(16-11)15-9-4-2-8(12)3-5-9/h2-7H,1H3,(H2,13,14,15,16). The van der Waals surface area contributed by atoms with E-state index in [2.05, 4.69) is 36.5 Å². The molecule has 0 atom stereocenters. The van der Waals surface area contributed by atoms with Gasteiger partial charge in [-0.05, 0) is 30.3 Å². The van der Waals surface area contributed by atoms with Gasteiger partial charge in [-0.15, -0.1) is 0 Å². The number of rotatable bonds is 3. The Morgan fingerprint density at radius 2 is 1.88 bits per heavy atom. The van der Waals surface area contributed by atoms with Crippen LogP contribution in [0.1, 0.15) is 0 Å². The van der Waals surface area contributed by atoms with Crippen LogP contribution in [0, 0.1) is 0 Å². The van der Waals surface area contributed by atoms with Crippen molar-refractivity contribution < 1.29 is 0 Å². The van der Waals surface area contributed by atoms with E-state index >= 15 is 0 Å². The van der Waals surface area contributed by atoms with Crippen molar-refractivity contribution >= 4 is 33.4 Å². The molecular weight excluding hydrogens is 268 g/mol. The smallest absolute Gasteiger partial charge is 0.224 e. The molecule has 16 heavy (non-hydrogen) atoms. The highest BCUT2D eigenvalue weighted by molar-refractivity contribution is 9.10. The van der Waals surface area contributed by atoms with E-state index in [1.165, 1.54) is 0 Å². The molecule has 0 amide bonds. The van der Waals surface area contributed by atoms with Crippen LogP contribution in [0.4, 0.5) is 17.5 Å². The van der Waals surface area contributed by atoms with Crippen molar-refractivity contribution in [2.24, 2.45) is 0 Å². The molecule has 0 bridgehead atoms. The summed E-state index contributed by atoms with van der Waals surface area (Å²) < 4.78 is 1.05. The first kappa shape index (κ1) is 10.9. The van der Waals surface area contributed by atoms with Crippen LogP contribution in [-0.4, -0.2) is 17.0 Å². The summed E-state index contributed by atoms with van der Waals surface area (Å²) in [6.45, 7) is 0. The fourth-order valence-corrected chi connectivity index (χ4v) is 1.49. The molecule has 0 saturated heterocycles. The Kier molecular flexibility index (Phi) is 3.36. The van der Waals surface area contributed by atoms with Crippen molar-refractivity contribution in [2.75, 3.05) is 17.7 Å². The van der Waals surface area contributed by atoms with Gasteiger partial charge in [0.2, 0.25) is 5.95 Å². The lowest BCUT2D eigenvalue weighted by Gasteiger charge is -2.06. The van der Waals surface area contributed by atoms with Crippen LogP contribution in [0.3, 0.4) is 0 Å². The van der Waals surface area contributed by atoms with Gasteiger partial charge >= 0.3 is 0 Å². The van der Waals surface area contributed by atoms with Gasteiger partial charge in [-0.3, -0.25) is 0 Å². The first-order chi connectivity index (χ1) is 7.78. The predicted octanol–water partition coefficient (Wildman–Crippen LogP) is 3.02. The lowest BCUT2D eigenvalue weighted by atomic mass is 10.3. The van der Waals surface area contributed by atoms with Gasteiger partial charge < -0.3 is 10.6 Å². The maximum absolute atomic E-state index is 4.26. The van der Waals surface area contributed by atoms with Gasteiger partial charge in [-0.25, -0.2) is 4.98 Å². The zero-order valence-electron chi connectivity index (χ0n) is 8.74. The van der Waals surface area contributed by atoms with Crippen molar-refractivity contribution in [1.82, 2.24) is 9.97 Å². The number of nitrogens with one attached hydrogen (secondary N) is 2. The molecule has 2 rings (SSSR count). The number of halogens is 1. The Labute approximate surface area is 102 Å². The molecule has 4 nitrogen and oxygen atoms in total. The molecule has 0 fully saturated rings. The van der Waals surface area contributed by atoms with Crippen LogP contribution in [0.5, 0.6) is 0 Å². The molecular formula is C11H11BrN4. The fourth-order valence-electron chi connectivity index (χ4n) is 1.23. The summed E-state index contributed by atoms with van der Waals surface area (Å²) >= 11 is 3.39. The third kappa shape index (κ3) is 2.70. The lowest BCUT2D eigenvalue weighted by Crippen LogP contribution is -1.99. The number of aromatic nitrogens is 2. The average molecular weight is 279 g/mol. The molecule has 2 aromatic rings. The molecule has 0 aliphatic rings. The highest BCUT2D eigenvalue weighted by atomic mass is 79.9. The maximum atomic E-state index is 4.26. The van der Waals surface area contributed by atoms with Crippen molar-refractivity contribution in [3.8, 4) is 0 Å². The van der Waals surface area contributed by atoms with Crippen LogP contribution in [-0.2, 0) is 0 Å². The molecule has 0 saturated carbocycles. The van der Waals surface area contributed by atoms with Gasteiger partial charge in [0.05, 0.1) is 0 Å². The average Bonchev–Trinajstić information content (AvgIpc) is 2.32. The molecule has 0 unspecified atom stereocenters. The van der Waals surface area contributed by atoms with E-state index < -0.39 is 0 Å². The summed E-state index contributed by atoms with van der Waals surface area (Å²) in [5, 5.41) is 6.09. The monoisotopic (exact) mass is 278 g/mol. The summed E-state index contributed by atoms with van der Waals surface area (Å²) in [7, 11) is 1.79. The fraction of sp³-hybridized carbons (Fsp3) is 0.0909. The van der Waals surface area contributed by atoms with Gasteiger partial charge in [0.15, 0.2) is 0 Å². The molecule has 82 valence electrons. The molecule has 1 aromatic heterocycles. The summed E-state index contributed by atoms with van der Waals surface area (Å²) in [6, 6.07) is 9.73. The van der Waals surface area contributed by atoms with Gasteiger partial charge in [0, 0.05) is 23.4 Å². The number of hydrogen-bond acceptors (Lipinski definition) is 4. The number of anilines is 3. The number of nitrogens with zero attached hydrogens (tertiary/aromatic N) is 2. The van der Waals surface area contributed by atoms with Crippen LogP contribution >= 0.6 is 15.9 Å². The first-order valence-corrected chi connectivity index (χ1v) is 5.60. The Morgan fingerprint density at radius 3 is 2.56 bits per heavy atom. The van der Waals surface area contributed by atoms with E-state index in [4.69, 9.17) is 0 Å². The molecule has 2 N–H and O–H groups in total. The zero-order chi connectivity index (χ0) is 11.4. The van der Waals surface area contributed by atoms with Crippen molar-refractivity contribution in [2.45, 2.75) is 0 Å². The highest BCUT2D eigenvalue weighted by Crippen LogP contribution is 2.18. The van der Waals surface area contributed by atoms with Crippen molar-refractivity contribution in [3.63, 3.8) is 0 Å². The molecule has 0 aliphatic heterocycles. The van der Waals surface area contributed by atoms with Gasteiger partial charge in [-0.2, -0.15) is 4.98 Å². The first-order valence-electron chi connectivity index (χ1n) is 4.81. The minimum atomic E-state index is 0.599. The minimum absolute atomic E-state index is 0.599. The van der Waals surface area contributed by atoms with E-state index in [1.54, 1.807) is 13.2 Å². The second kappa shape index (κ2) is 4.94. The number of benzene rings is 1. The van der Waals surface area contributed by atoms with Crippen LogP contribution in [0.2, 0.25) is 0 Å². The molecule has 5 heteroatoms. The summed E-state index contributed by atoms with van der Waals surface area (Å²) in [6.07, 6.45) is 1.71. The number of hydrogen-bond donors (Lipinski definition) is 2. The second-order valence-corrected chi connectivity index (χ2v) is 4.06. The van der Waals surface area contributed by atoms with E-state index in [-0.39, 0.29) is 0 Å². The Morgan fingerprint density at radius 1 is 1.12 bits per heavy atom. The third-order valence-electron chi connectivity index (χ3n) is 2.00. The van der Waals surface area contributed by atoms with E-state index in [0.717, 1.165) is 16.0 Å². The SMILES string of the molecule is CNc1nccc(Nc2ccc(Br)cc2)n1. The zero-order valence-corrected chi connectivity index (χ0v) is 10.3. The minimum Gasteiger partial charge on any atom is -0.357 e. The Bertz CT molecular complexity index is 470.